The number of carbonyl (C=O) groups excluding carboxylic acids is 3. The maximum Gasteiger partial charge on any atom is 0.306 e. The Labute approximate surface area is 452 Å². The van der Waals surface area contributed by atoms with Gasteiger partial charge in [-0.2, -0.15) is 0 Å². The number of ether oxygens (including phenoxy) is 3. The number of esters is 3. The second-order valence-electron chi connectivity index (χ2n) is 20.6. The van der Waals surface area contributed by atoms with Crippen molar-refractivity contribution < 1.29 is 28.6 Å². The van der Waals surface area contributed by atoms with E-state index in [1.165, 1.54) is 180 Å². The Morgan fingerprint density at radius 2 is 0.562 bits per heavy atom. The first-order valence-corrected chi connectivity index (χ1v) is 31.1. The van der Waals surface area contributed by atoms with Crippen LogP contribution >= 0.6 is 0 Å². The van der Waals surface area contributed by atoms with Crippen molar-refractivity contribution in [2.75, 3.05) is 13.2 Å². The Morgan fingerprint density at radius 1 is 0.288 bits per heavy atom. The molecule has 0 aliphatic heterocycles. The van der Waals surface area contributed by atoms with Crippen LogP contribution in [0.1, 0.15) is 303 Å². The molecule has 0 saturated heterocycles. The lowest BCUT2D eigenvalue weighted by Gasteiger charge is -2.18. The van der Waals surface area contributed by atoms with Crippen LogP contribution in [-0.4, -0.2) is 37.2 Å². The summed E-state index contributed by atoms with van der Waals surface area (Å²) < 4.78 is 16.8. The lowest BCUT2D eigenvalue weighted by molar-refractivity contribution is -0.166. The first-order chi connectivity index (χ1) is 36.0. The molecule has 0 aliphatic rings. The molecular formula is C67H116O6. The van der Waals surface area contributed by atoms with Crippen LogP contribution < -0.4 is 0 Å². The van der Waals surface area contributed by atoms with Gasteiger partial charge in [0.2, 0.25) is 0 Å². The highest BCUT2D eigenvalue weighted by Gasteiger charge is 2.19. The van der Waals surface area contributed by atoms with Gasteiger partial charge in [0.1, 0.15) is 13.2 Å². The van der Waals surface area contributed by atoms with Crippen LogP contribution in [0, 0.1) is 0 Å². The zero-order valence-corrected chi connectivity index (χ0v) is 48.1. The Morgan fingerprint density at radius 3 is 0.959 bits per heavy atom. The molecule has 73 heavy (non-hydrogen) atoms. The van der Waals surface area contributed by atoms with Gasteiger partial charge in [-0.1, -0.05) is 266 Å². The maximum absolute atomic E-state index is 12.9. The second kappa shape index (κ2) is 61.1. The van der Waals surface area contributed by atoms with Crippen molar-refractivity contribution >= 4 is 17.9 Å². The van der Waals surface area contributed by atoms with Gasteiger partial charge in [-0.05, 0) is 103 Å². The van der Waals surface area contributed by atoms with Gasteiger partial charge < -0.3 is 14.2 Å². The zero-order valence-electron chi connectivity index (χ0n) is 48.1. The Balaban J connectivity index is 4.33. The van der Waals surface area contributed by atoms with Crippen LogP contribution in [-0.2, 0) is 28.6 Å². The van der Waals surface area contributed by atoms with Gasteiger partial charge in [-0.3, -0.25) is 14.4 Å². The molecule has 0 N–H and O–H groups in total. The van der Waals surface area contributed by atoms with Crippen LogP contribution in [0.2, 0.25) is 0 Å². The average molecular weight is 1020 g/mol. The smallest absolute Gasteiger partial charge is 0.306 e. The summed E-state index contributed by atoms with van der Waals surface area (Å²) in [7, 11) is 0. The van der Waals surface area contributed by atoms with E-state index in [0.29, 0.717) is 19.3 Å². The molecule has 0 saturated carbocycles. The van der Waals surface area contributed by atoms with Gasteiger partial charge in [-0.15, -0.1) is 0 Å². The fourth-order valence-corrected chi connectivity index (χ4v) is 8.72. The van der Waals surface area contributed by atoms with Gasteiger partial charge in [0.05, 0.1) is 0 Å². The summed E-state index contributed by atoms with van der Waals surface area (Å²) in [5.74, 6) is -0.985. The maximum atomic E-state index is 12.9. The van der Waals surface area contributed by atoms with E-state index in [9.17, 15) is 14.4 Å². The summed E-state index contributed by atoms with van der Waals surface area (Å²) >= 11 is 0. The predicted octanol–water partition coefficient (Wildman–Crippen LogP) is 21.1. The highest BCUT2D eigenvalue weighted by atomic mass is 16.6. The largest absolute Gasteiger partial charge is 0.462 e. The highest BCUT2D eigenvalue weighted by Crippen LogP contribution is 2.16. The van der Waals surface area contributed by atoms with Crippen LogP contribution in [0.4, 0.5) is 0 Å². The molecule has 0 aromatic carbocycles. The minimum atomic E-state index is -0.810. The van der Waals surface area contributed by atoms with Crippen LogP contribution in [0.5, 0.6) is 0 Å². The van der Waals surface area contributed by atoms with Gasteiger partial charge in [0.25, 0.3) is 0 Å². The molecule has 6 nitrogen and oxygen atoms in total. The van der Waals surface area contributed by atoms with Crippen molar-refractivity contribution in [1.82, 2.24) is 0 Å². The molecule has 0 radical (unpaired) electrons. The Kier molecular flexibility index (Phi) is 58.3. The molecule has 0 heterocycles. The van der Waals surface area contributed by atoms with Gasteiger partial charge >= 0.3 is 17.9 Å². The lowest BCUT2D eigenvalue weighted by atomic mass is 10.0. The number of hydrogen-bond donors (Lipinski definition) is 0. The third-order valence-electron chi connectivity index (χ3n) is 13.4. The van der Waals surface area contributed by atoms with Crippen molar-refractivity contribution in [3.05, 3.63) is 85.1 Å². The molecular weight excluding hydrogens is 901 g/mol. The van der Waals surface area contributed by atoms with E-state index in [0.717, 1.165) is 77.0 Å². The molecule has 0 spiro atoms. The zero-order chi connectivity index (χ0) is 52.9. The molecule has 420 valence electrons. The first-order valence-electron chi connectivity index (χ1n) is 31.1. The fourth-order valence-electron chi connectivity index (χ4n) is 8.72. The molecule has 1 atom stereocenters. The number of carbonyl (C=O) groups is 3. The normalized spacial score (nSPS) is 12.6. The second-order valence-corrected chi connectivity index (χ2v) is 20.6. The predicted molar refractivity (Wildman–Crippen MR) is 316 cm³/mol. The summed E-state index contributed by atoms with van der Waals surface area (Å²) in [6.07, 6.45) is 80.4. The van der Waals surface area contributed by atoms with E-state index in [-0.39, 0.29) is 37.5 Å². The van der Waals surface area contributed by atoms with Crippen LogP contribution in [0.3, 0.4) is 0 Å². The molecule has 6 heteroatoms. The highest BCUT2D eigenvalue weighted by molar-refractivity contribution is 5.71. The minimum absolute atomic E-state index is 0.101. The van der Waals surface area contributed by atoms with Gasteiger partial charge in [0, 0.05) is 19.3 Å². The molecule has 0 aliphatic carbocycles. The molecule has 0 aromatic rings. The fraction of sp³-hybridized carbons (Fsp3) is 0.746. The van der Waals surface area contributed by atoms with E-state index in [2.05, 4.69) is 99.8 Å². The van der Waals surface area contributed by atoms with Gasteiger partial charge in [0.15, 0.2) is 6.10 Å². The van der Waals surface area contributed by atoms with Crippen molar-refractivity contribution in [1.29, 1.82) is 0 Å². The SMILES string of the molecule is CC/C=C\C/C=C\C/C=C\C/C=C\CCC(=O)OCC(COC(=O)CCCCCCCCCCCCCCC/C=C\CCCCCCCCCC)OC(=O)CCCCCCCCC/C=C\C/C=C\CCCCC. The van der Waals surface area contributed by atoms with E-state index >= 15 is 0 Å². The van der Waals surface area contributed by atoms with Crippen molar-refractivity contribution in [3.63, 3.8) is 0 Å². The van der Waals surface area contributed by atoms with Crippen molar-refractivity contribution in [2.45, 2.75) is 309 Å². The summed E-state index contributed by atoms with van der Waals surface area (Å²) in [6, 6.07) is 0. The number of hydrogen-bond acceptors (Lipinski definition) is 6. The molecule has 0 amide bonds. The number of rotatable bonds is 56. The summed E-state index contributed by atoms with van der Waals surface area (Å²) in [5, 5.41) is 0. The minimum Gasteiger partial charge on any atom is -0.462 e. The standard InChI is InChI=1S/C67H116O6/c1-4-7-10-13-16-19-22-25-27-29-30-31-32-33-34-35-36-38-39-42-45-48-51-54-57-60-66(69)72-63-64(62-71-65(68)59-56-53-50-47-44-41-24-21-18-15-12-9-6-3)73-67(70)61-58-55-52-49-46-43-40-37-28-26-23-20-17-14-11-8-5-2/h9,12,17-18,20-21,26,28-30,41,44,50,53,64H,4-8,10-11,13-16,19,22-25,27,31-40,42-43,45-49,51-52,54-63H2,1-3H3/b12-9-,20-17-,21-18-,28-26-,30-29-,44-41-,53-50-. The average Bonchev–Trinajstić information content (AvgIpc) is 3.39. The third-order valence-corrected chi connectivity index (χ3v) is 13.4. The van der Waals surface area contributed by atoms with Crippen molar-refractivity contribution in [2.24, 2.45) is 0 Å². The Hall–Kier alpha value is -3.41. The summed E-state index contributed by atoms with van der Waals surface area (Å²) in [5.41, 5.74) is 0. The number of unbranched alkanes of at least 4 members (excludes halogenated alkanes) is 31. The van der Waals surface area contributed by atoms with E-state index < -0.39 is 6.10 Å². The molecule has 0 aromatic heterocycles. The van der Waals surface area contributed by atoms with Crippen LogP contribution in [0.15, 0.2) is 85.1 Å². The van der Waals surface area contributed by atoms with Gasteiger partial charge in [-0.25, -0.2) is 0 Å². The topological polar surface area (TPSA) is 78.9 Å². The first kappa shape index (κ1) is 69.6. The number of allylic oxidation sites excluding steroid dienone is 14. The van der Waals surface area contributed by atoms with E-state index in [1.54, 1.807) is 0 Å². The van der Waals surface area contributed by atoms with Crippen LogP contribution in [0.25, 0.3) is 0 Å². The van der Waals surface area contributed by atoms with E-state index in [4.69, 9.17) is 14.2 Å². The Bertz CT molecular complexity index is 1400. The monoisotopic (exact) mass is 1020 g/mol. The third kappa shape index (κ3) is 59.3. The summed E-state index contributed by atoms with van der Waals surface area (Å²) in [6.45, 7) is 6.45. The van der Waals surface area contributed by atoms with E-state index in [1.807, 2.05) is 6.08 Å². The molecule has 0 fully saturated rings. The van der Waals surface area contributed by atoms with Crippen molar-refractivity contribution in [3.8, 4) is 0 Å². The molecule has 0 rings (SSSR count). The lowest BCUT2D eigenvalue weighted by Crippen LogP contribution is -2.30. The molecule has 1 unspecified atom stereocenters. The summed E-state index contributed by atoms with van der Waals surface area (Å²) in [4.78, 5) is 38.2. The molecule has 0 bridgehead atoms. The quantitative estimate of drug-likeness (QED) is 0.0261.